The van der Waals surface area contributed by atoms with E-state index in [4.69, 9.17) is 0 Å². The van der Waals surface area contributed by atoms with E-state index in [0.717, 1.165) is 11.0 Å². The summed E-state index contributed by atoms with van der Waals surface area (Å²) >= 11 is 0. The summed E-state index contributed by atoms with van der Waals surface area (Å²) < 4.78 is 3.28. The minimum atomic E-state index is -0.244. The van der Waals surface area contributed by atoms with Crippen molar-refractivity contribution < 1.29 is 9.59 Å². The van der Waals surface area contributed by atoms with Crippen LogP contribution in [0.5, 0.6) is 0 Å². The topological polar surface area (TPSA) is 85.1 Å². The second-order valence-corrected chi connectivity index (χ2v) is 5.02. The van der Waals surface area contributed by atoms with Crippen molar-refractivity contribution in [3.05, 3.63) is 22.6 Å². The maximum Gasteiger partial charge on any atom is 0.329 e. The van der Waals surface area contributed by atoms with Crippen molar-refractivity contribution in [3.8, 4) is 0 Å². The SMILES string of the molecule is CCn1c(=O)n(CC)c2cc(NC(C)=O)c(NC(C)=O)cc21. The van der Waals surface area contributed by atoms with Crippen molar-refractivity contribution in [3.63, 3.8) is 0 Å². The standard InChI is InChI=1S/C15H20N4O3/c1-5-18-13-7-11(16-9(3)20)12(17-10(4)21)8-14(13)19(6-2)15(18)22/h7-8H,5-6H2,1-4H3,(H,16,20)(H,17,21). The molecule has 2 rings (SSSR count). The lowest BCUT2D eigenvalue weighted by atomic mass is 10.2. The Hall–Kier alpha value is -2.57. The van der Waals surface area contributed by atoms with Crippen LogP contribution in [0.3, 0.4) is 0 Å². The lowest BCUT2D eigenvalue weighted by molar-refractivity contribution is -0.115. The van der Waals surface area contributed by atoms with E-state index >= 15 is 0 Å². The van der Waals surface area contributed by atoms with Gasteiger partial charge < -0.3 is 10.6 Å². The van der Waals surface area contributed by atoms with Gasteiger partial charge in [0.05, 0.1) is 22.4 Å². The van der Waals surface area contributed by atoms with Crippen molar-refractivity contribution in [2.24, 2.45) is 0 Å². The van der Waals surface area contributed by atoms with Crippen LogP contribution in [0.25, 0.3) is 11.0 Å². The summed E-state index contributed by atoms with van der Waals surface area (Å²) in [5.41, 5.74) is 2.31. The van der Waals surface area contributed by atoms with Crippen molar-refractivity contribution in [1.82, 2.24) is 9.13 Å². The van der Waals surface area contributed by atoms with Crippen LogP contribution in [-0.2, 0) is 22.7 Å². The average Bonchev–Trinajstić information content (AvgIpc) is 2.68. The first kappa shape index (κ1) is 15.8. The molecule has 2 amide bonds. The number of rotatable bonds is 4. The van der Waals surface area contributed by atoms with Gasteiger partial charge in [-0.3, -0.25) is 18.7 Å². The van der Waals surface area contributed by atoms with E-state index in [1.165, 1.54) is 13.8 Å². The average molecular weight is 304 g/mol. The number of imidazole rings is 1. The highest BCUT2D eigenvalue weighted by molar-refractivity contribution is 6.02. The summed E-state index contributed by atoms with van der Waals surface area (Å²) in [5, 5.41) is 5.38. The number of hydrogen-bond acceptors (Lipinski definition) is 3. The minimum absolute atomic E-state index is 0.103. The molecule has 22 heavy (non-hydrogen) atoms. The summed E-state index contributed by atoms with van der Waals surface area (Å²) in [6.07, 6.45) is 0. The highest BCUT2D eigenvalue weighted by atomic mass is 16.2. The molecule has 2 N–H and O–H groups in total. The van der Waals surface area contributed by atoms with Crippen LogP contribution in [0.2, 0.25) is 0 Å². The van der Waals surface area contributed by atoms with Gasteiger partial charge in [-0.05, 0) is 26.0 Å². The first-order valence-electron chi connectivity index (χ1n) is 7.21. The molecule has 118 valence electrons. The Bertz CT molecular complexity index is 737. The van der Waals surface area contributed by atoms with Crippen LogP contribution >= 0.6 is 0 Å². The van der Waals surface area contributed by atoms with Crippen LogP contribution in [0.4, 0.5) is 11.4 Å². The number of amides is 2. The van der Waals surface area contributed by atoms with E-state index in [-0.39, 0.29) is 17.5 Å². The largest absolute Gasteiger partial charge is 0.329 e. The van der Waals surface area contributed by atoms with Crippen LogP contribution in [0, 0.1) is 0 Å². The molecule has 0 saturated heterocycles. The maximum atomic E-state index is 12.4. The number of aryl methyl sites for hydroxylation is 2. The molecule has 0 radical (unpaired) electrons. The third-order valence-corrected chi connectivity index (χ3v) is 3.41. The Morgan fingerprint density at radius 2 is 1.27 bits per heavy atom. The summed E-state index contributed by atoms with van der Waals surface area (Å²) in [5.74, 6) is -0.488. The molecule has 1 heterocycles. The highest BCUT2D eigenvalue weighted by Gasteiger charge is 2.16. The second-order valence-electron chi connectivity index (χ2n) is 5.02. The zero-order valence-corrected chi connectivity index (χ0v) is 13.2. The molecule has 0 aliphatic rings. The van der Waals surface area contributed by atoms with Gasteiger partial charge in [0.2, 0.25) is 11.8 Å². The molecule has 0 unspecified atom stereocenters. The number of nitrogens with zero attached hydrogens (tertiary/aromatic N) is 2. The molecule has 7 heteroatoms. The van der Waals surface area contributed by atoms with Gasteiger partial charge in [0.15, 0.2) is 0 Å². The summed E-state index contributed by atoms with van der Waals surface area (Å²) in [6.45, 7) is 7.63. The lowest BCUT2D eigenvalue weighted by Gasteiger charge is -2.12. The van der Waals surface area contributed by atoms with E-state index in [9.17, 15) is 14.4 Å². The zero-order valence-electron chi connectivity index (χ0n) is 13.2. The van der Waals surface area contributed by atoms with Crippen LogP contribution in [0.15, 0.2) is 16.9 Å². The molecule has 0 atom stereocenters. The van der Waals surface area contributed by atoms with Gasteiger partial charge in [-0.15, -0.1) is 0 Å². The molecule has 0 bridgehead atoms. The lowest BCUT2D eigenvalue weighted by Crippen LogP contribution is -2.23. The summed E-state index contributed by atoms with van der Waals surface area (Å²) in [6, 6.07) is 3.44. The molecule has 7 nitrogen and oxygen atoms in total. The number of hydrogen-bond donors (Lipinski definition) is 2. The Morgan fingerprint density at radius 3 is 1.55 bits per heavy atom. The first-order valence-corrected chi connectivity index (χ1v) is 7.21. The van der Waals surface area contributed by atoms with Gasteiger partial charge in [-0.2, -0.15) is 0 Å². The number of anilines is 2. The monoisotopic (exact) mass is 304 g/mol. The van der Waals surface area contributed by atoms with E-state index in [0.29, 0.717) is 24.5 Å². The van der Waals surface area contributed by atoms with E-state index in [2.05, 4.69) is 10.6 Å². The fourth-order valence-corrected chi connectivity index (χ4v) is 2.56. The van der Waals surface area contributed by atoms with Gasteiger partial charge in [-0.25, -0.2) is 4.79 Å². The molecule has 1 aromatic carbocycles. The molecule has 2 aromatic rings. The van der Waals surface area contributed by atoms with Crippen LogP contribution in [0.1, 0.15) is 27.7 Å². The van der Waals surface area contributed by atoms with Gasteiger partial charge >= 0.3 is 5.69 Å². The molecule has 0 fully saturated rings. The number of benzene rings is 1. The number of carbonyl (C=O) groups excluding carboxylic acids is 2. The fraction of sp³-hybridized carbons (Fsp3) is 0.400. The number of nitrogens with one attached hydrogen (secondary N) is 2. The normalized spacial score (nSPS) is 10.7. The predicted octanol–water partition coefficient (Wildman–Crippen LogP) is 1.76. The van der Waals surface area contributed by atoms with Crippen molar-refractivity contribution >= 4 is 34.2 Å². The first-order chi connectivity index (χ1) is 10.4. The third-order valence-electron chi connectivity index (χ3n) is 3.41. The quantitative estimate of drug-likeness (QED) is 0.902. The zero-order chi connectivity index (χ0) is 16.4. The smallest absolute Gasteiger partial charge is 0.324 e. The highest BCUT2D eigenvalue weighted by Crippen LogP contribution is 2.28. The van der Waals surface area contributed by atoms with Crippen LogP contribution < -0.4 is 16.3 Å². The minimum Gasteiger partial charge on any atom is -0.324 e. The summed E-state index contributed by atoms with van der Waals surface area (Å²) in [7, 11) is 0. The molecular weight excluding hydrogens is 284 g/mol. The number of carbonyl (C=O) groups is 2. The number of fused-ring (bicyclic) bond motifs is 1. The molecule has 1 aromatic heterocycles. The third kappa shape index (κ3) is 2.74. The molecule has 0 aliphatic heterocycles. The van der Waals surface area contributed by atoms with Gasteiger partial charge in [0, 0.05) is 26.9 Å². The van der Waals surface area contributed by atoms with Crippen molar-refractivity contribution in [2.75, 3.05) is 10.6 Å². The van der Waals surface area contributed by atoms with Crippen molar-refractivity contribution in [2.45, 2.75) is 40.8 Å². The Balaban J connectivity index is 2.78. The second kappa shape index (κ2) is 6.05. The fourth-order valence-electron chi connectivity index (χ4n) is 2.56. The van der Waals surface area contributed by atoms with E-state index in [1.807, 2.05) is 13.8 Å². The Morgan fingerprint density at radius 1 is 0.909 bits per heavy atom. The summed E-state index contributed by atoms with van der Waals surface area (Å²) in [4.78, 5) is 35.1. The molecule has 0 saturated carbocycles. The van der Waals surface area contributed by atoms with Gasteiger partial charge in [0.1, 0.15) is 0 Å². The Labute approximate surface area is 127 Å². The van der Waals surface area contributed by atoms with E-state index in [1.54, 1.807) is 21.3 Å². The molecule has 0 aliphatic carbocycles. The number of aromatic nitrogens is 2. The maximum absolute atomic E-state index is 12.4. The van der Waals surface area contributed by atoms with Crippen LogP contribution in [-0.4, -0.2) is 20.9 Å². The van der Waals surface area contributed by atoms with Gasteiger partial charge in [0.25, 0.3) is 0 Å². The van der Waals surface area contributed by atoms with Gasteiger partial charge in [-0.1, -0.05) is 0 Å². The molecular formula is C15H20N4O3. The molecule has 0 spiro atoms. The Kier molecular flexibility index (Phi) is 4.35. The predicted molar refractivity (Wildman–Crippen MR) is 86.2 cm³/mol. The van der Waals surface area contributed by atoms with Crippen molar-refractivity contribution in [1.29, 1.82) is 0 Å². The van der Waals surface area contributed by atoms with E-state index < -0.39 is 0 Å².